The van der Waals surface area contributed by atoms with E-state index in [9.17, 15) is 9.90 Å². The van der Waals surface area contributed by atoms with E-state index >= 15 is 0 Å². The van der Waals surface area contributed by atoms with E-state index in [1.165, 1.54) is 11.3 Å². The van der Waals surface area contributed by atoms with Gasteiger partial charge in [0, 0.05) is 28.9 Å². The van der Waals surface area contributed by atoms with E-state index in [2.05, 4.69) is 15.6 Å². The van der Waals surface area contributed by atoms with Crippen LogP contribution in [0.25, 0.3) is 0 Å². The molecule has 0 radical (unpaired) electrons. The number of hydrogen-bond acceptors (Lipinski definition) is 5. The lowest BCUT2D eigenvalue weighted by Gasteiger charge is -2.22. The van der Waals surface area contributed by atoms with Gasteiger partial charge in [-0.3, -0.25) is 0 Å². The van der Waals surface area contributed by atoms with Crippen molar-refractivity contribution in [3.05, 3.63) is 38.5 Å². The van der Waals surface area contributed by atoms with Gasteiger partial charge in [-0.1, -0.05) is 6.07 Å². The van der Waals surface area contributed by atoms with Gasteiger partial charge in [0.05, 0.1) is 11.6 Å². The quantitative estimate of drug-likeness (QED) is 0.679. The first-order valence-corrected chi connectivity index (χ1v) is 8.92. The Morgan fingerprint density at radius 3 is 2.86 bits per heavy atom. The highest BCUT2D eigenvalue weighted by Crippen LogP contribution is 2.24. The summed E-state index contributed by atoms with van der Waals surface area (Å²) in [7, 11) is 0. The summed E-state index contributed by atoms with van der Waals surface area (Å²) in [5.74, 6) is 0. The molecule has 0 unspecified atom stereocenters. The molecule has 0 aliphatic rings. The molecule has 2 amide bonds. The lowest BCUT2D eigenvalue weighted by atomic mass is 10.1. The summed E-state index contributed by atoms with van der Waals surface area (Å²) in [6.07, 6.45) is 1.72. The lowest BCUT2D eigenvalue weighted by Crippen LogP contribution is -2.43. The first kappa shape index (κ1) is 16.9. The number of thiophene rings is 1. The fraction of sp³-hybridized carbons (Fsp3) is 0.467. The molecule has 0 saturated carbocycles. The van der Waals surface area contributed by atoms with E-state index in [-0.39, 0.29) is 12.6 Å². The molecule has 1 atom stereocenters. The number of rotatable bonds is 7. The van der Waals surface area contributed by atoms with E-state index in [4.69, 9.17) is 0 Å². The van der Waals surface area contributed by atoms with Crippen molar-refractivity contribution < 1.29 is 9.90 Å². The van der Waals surface area contributed by atoms with Gasteiger partial charge < -0.3 is 15.7 Å². The van der Waals surface area contributed by atoms with E-state index in [1.54, 1.807) is 18.3 Å². The summed E-state index contributed by atoms with van der Waals surface area (Å²) in [5.41, 5.74) is 0.00529. The van der Waals surface area contributed by atoms with E-state index in [1.807, 2.05) is 29.8 Å². The molecule has 5 nitrogen and oxygen atoms in total. The molecule has 2 aromatic heterocycles. The van der Waals surface area contributed by atoms with Crippen LogP contribution < -0.4 is 10.6 Å². The molecular weight excluding hydrogens is 318 g/mol. The molecule has 0 aromatic carbocycles. The standard InChI is InChI=1S/C15H21N3O2S2/c1-11-9-22-13(18-11)6-3-7-16-14(19)17-10-15(2,20)12-5-4-8-21-12/h4-5,8-9,20H,3,6-7,10H2,1-2H3,(H2,16,17,19)/t15-/m0/s1. The Kier molecular flexibility index (Phi) is 5.93. The maximum atomic E-state index is 11.7. The minimum atomic E-state index is -1.04. The Morgan fingerprint density at radius 1 is 1.41 bits per heavy atom. The average molecular weight is 339 g/mol. The number of carbonyl (C=O) groups is 1. The maximum Gasteiger partial charge on any atom is 0.314 e. The molecular formula is C15H21N3O2S2. The Hall–Kier alpha value is -1.44. The predicted molar refractivity (Wildman–Crippen MR) is 90.5 cm³/mol. The van der Waals surface area contributed by atoms with Gasteiger partial charge in [0.1, 0.15) is 5.60 Å². The van der Waals surface area contributed by atoms with E-state index in [0.29, 0.717) is 6.54 Å². The summed E-state index contributed by atoms with van der Waals surface area (Å²) < 4.78 is 0. The molecule has 0 aliphatic heterocycles. The minimum absolute atomic E-state index is 0.186. The number of nitrogens with one attached hydrogen (secondary N) is 2. The molecule has 2 heterocycles. The van der Waals surface area contributed by atoms with E-state index < -0.39 is 5.60 Å². The number of aryl methyl sites for hydroxylation is 2. The third-order valence-corrected chi connectivity index (χ3v) is 5.31. The van der Waals surface area contributed by atoms with Crippen LogP contribution in [0.2, 0.25) is 0 Å². The largest absolute Gasteiger partial charge is 0.383 e. The number of amides is 2. The number of aromatic nitrogens is 1. The Balaban J connectivity index is 1.64. The summed E-state index contributed by atoms with van der Waals surface area (Å²) in [5, 5.41) is 20.8. The van der Waals surface area contributed by atoms with Crippen LogP contribution >= 0.6 is 22.7 Å². The second-order valence-corrected chi connectivity index (χ2v) is 7.24. The zero-order valence-electron chi connectivity index (χ0n) is 12.8. The van der Waals surface area contributed by atoms with Crippen molar-refractivity contribution in [2.75, 3.05) is 13.1 Å². The lowest BCUT2D eigenvalue weighted by molar-refractivity contribution is 0.0631. The zero-order chi connectivity index (χ0) is 16.0. The molecule has 2 rings (SSSR count). The van der Waals surface area contributed by atoms with Crippen molar-refractivity contribution in [1.82, 2.24) is 15.6 Å². The first-order chi connectivity index (χ1) is 10.5. The van der Waals surface area contributed by atoms with Gasteiger partial charge in [-0.15, -0.1) is 22.7 Å². The SMILES string of the molecule is Cc1csc(CCCNC(=O)NC[C@](C)(O)c2cccs2)n1. The Morgan fingerprint density at radius 2 is 2.23 bits per heavy atom. The number of carbonyl (C=O) groups excluding carboxylic acids is 1. The summed E-state index contributed by atoms with van der Waals surface area (Å²) in [6, 6.07) is 3.49. The van der Waals surface area contributed by atoms with Gasteiger partial charge in [0.2, 0.25) is 0 Å². The second-order valence-electron chi connectivity index (χ2n) is 5.35. The number of aliphatic hydroxyl groups is 1. The van der Waals surface area contributed by atoms with Gasteiger partial charge in [-0.05, 0) is 31.7 Å². The highest BCUT2D eigenvalue weighted by Gasteiger charge is 2.24. The molecule has 0 aliphatic carbocycles. The van der Waals surface area contributed by atoms with Crippen molar-refractivity contribution in [3.63, 3.8) is 0 Å². The number of thiazole rings is 1. The molecule has 22 heavy (non-hydrogen) atoms. The van der Waals surface area contributed by atoms with Crippen molar-refractivity contribution in [2.24, 2.45) is 0 Å². The van der Waals surface area contributed by atoms with Crippen LogP contribution in [0.15, 0.2) is 22.9 Å². The molecule has 3 N–H and O–H groups in total. The maximum absolute atomic E-state index is 11.7. The monoisotopic (exact) mass is 339 g/mol. The number of nitrogens with zero attached hydrogens (tertiary/aromatic N) is 1. The van der Waals surface area contributed by atoms with Crippen molar-refractivity contribution in [2.45, 2.75) is 32.3 Å². The van der Waals surface area contributed by atoms with Gasteiger partial charge in [0.25, 0.3) is 0 Å². The predicted octanol–water partition coefficient (Wildman–Crippen LogP) is 2.65. The van der Waals surface area contributed by atoms with Crippen LogP contribution in [0, 0.1) is 6.92 Å². The highest BCUT2D eigenvalue weighted by molar-refractivity contribution is 7.10. The Bertz CT molecular complexity index is 594. The first-order valence-electron chi connectivity index (χ1n) is 7.16. The summed E-state index contributed by atoms with van der Waals surface area (Å²) in [4.78, 5) is 17.0. The molecule has 7 heteroatoms. The molecule has 0 spiro atoms. The number of urea groups is 1. The molecule has 0 saturated heterocycles. The normalized spacial score (nSPS) is 13.6. The third-order valence-electron chi connectivity index (χ3n) is 3.16. The van der Waals surface area contributed by atoms with Crippen LogP contribution in [0.5, 0.6) is 0 Å². The highest BCUT2D eigenvalue weighted by atomic mass is 32.1. The van der Waals surface area contributed by atoms with Crippen LogP contribution in [0.1, 0.15) is 28.9 Å². The topological polar surface area (TPSA) is 74.2 Å². The third kappa shape index (κ3) is 5.08. The van der Waals surface area contributed by atoms with Crippen molar-refractivity contribution in [1.29, 1.82) is 0 Å². The van der Waals surface area contributed by atoms with Crippen LogP contribution in [-0.4, -0.2) is 29.2 Å². The number of hydrogen-bond donors (Lipinski definition) is 3. The van der Waals surface area contributed by atoms with Gasteiger partial charge in [0.15, 0.2) is 0 Å². The summed E-state index contributed by atoms with van der Waals surface area (Å²) in [6.45, 7) is 4.45. The average Bonchev–Trinajstić information content (AvgIpc) is 3.13. The summed E-state index contributed by atoms with van der Waals surface area (Å²) >= 11 is 3.12. The van der Waals surface area contributed by atoms with Gasteiger partial charge >= 0.3 is 6.03 Å². The Labute approximate surface area is 138 Å². The molecule has 0 bridgehead atoms. The van der Waals surface area contributed by atoms with Crippen molar-refractivity contribution >= 4 is 28.7 Å². The fourth-order valence-corrected chi connectivity index (χ4v) is 3.55. The smallest absolute Gasteiger partial charge is 0.314 e. The van der Waals surface area contributed by atoms with Crippen LogP contribution in [-0.2, 0) is 12.0 Å². The fourth-order valence-electron chi connectivity index (χ4n) is 1.95. The van der Waals surface area contributed by atoms with Crippen LogP contribution in [0.4, 0.5) is 4.79 Å². The van der Waals surface area contributed by atoms with Gasteiger partial charge in [-0.25, -0.2) is 9.78 Å². The van der Waals surface area contributed by atoms with Crippen LogP contribution in [0.3, 0.4) is 0 Å². The minimum Gasteiger partial charge on any atom is -0.383 e. The van der Waals surface area contributed by atoms with E-state index in [0.717, 1.165) is 28.4 Å². The molecule has 2 aromatic rings. The zero-order valence-corrected chi connectivity index (χ0v) is 14.4. The second kappa shape index (κ2) is 7.71. The molecule has 120 valence electrons. The van der Waals surface area contributed by atoms with Gasteiger partial charge in [-0.2, -0.15) is 0 Å². The van der Waals surface area contributed by atoms with Crippen molar-refractivity contribution in [3.8, 4) is 0 Å². The molecule has 0 fully saturated rings.